The van der Waals surface area contributed by atoms with Crippen LogP contribution in [0.15, 0.2) is 23.2 Å². The molecule has 1 aliphatic carbocycles. The topological polar surface area (TPSA) is 64.1 Å². The van der Waals surface area contributed by atoms with Gasteiger partial charge in [-0.05, 0) is 37.8 Å². The van der Waals surface area contributed by atoms with Crippen LogP contribution >= 0.6 is 24.0 Å². The van der Waals surface area contributed by atoms with Crippen molar-refractivity contribution in [1.82, 2.24) is 10.6 Å². The fourth-order valence-electron chi connectivity index (χ4n) is 2.17. The van der Waals surface area contributed by atoms with Crippen molar-refractivity contribution in [2.24, 2.45) is 10.9 Å². The number of hydrogen-bond acceptors (Lipinski definition) is 4. The summed E-state index contributed by atoms with van der Waals surface area (Å²) in [6.07, 6.45) is 2.63. The number of nitrogens with one attached hydrogen (secondary N) is 2. The lowest BCUT2D eigenvalue weighted by molar-refractivity contribution is 0.173. The molecule has 0 atom stereocenters. The number of benzene rings is 1. The van der Waals surface area contributed by atoms with Crippen molar-refractivity contribution < 1.29 is 14.2 Å². The molecule has 0 unspecified atom stereocenters. The van der Waals surface area contributed by atoms with E-state index in [9.17, 15) is 0 Å². The van der Waals surface area contributed by atoms with Crippen molar-refractivity contribution in [2.45, 2.75) is 19.8 Å². The van der Waals surface area contributed by atoms with Crippen molar-refractivity contribution in [3.8, 4) is 17.2 Å². The van der Waals surface area contributed by atoms with E-state index in [0.29, 0.717) is 13.2 Å². The molecule has 1 aromatic rings. The Morgan fingerprint density at radius 1 is 1.26 bits per heavy atom. The van der Waals surface area contributed by atoms with E-state index in [4.69, 9.17) is 14.2 Å². The second-order valence-electron chi connectivity index (χ2n) is 5.45. The predicted molar refractivity (Wildman–Crippen MR) is 100 cm³/mol. The number of ether oxygens (including phenoxy) is 3. The van der Waals surface area contributed by atoms with E-state index in [1.165, 1.54) is 12.8 Å². The first-order chi connectivity index (χ1) is 10.8. The van der Waals surface area contributed by atoms with Gasteiger partial charge < -0.3 is 24.8 Å². The van der Waals surface area contributed by atoms with Gasteiger partial charge in [-0.3, -0.25) is 4.99 Å². The highest BCUT2D eigenvalue weighted by atomic mass is 127. The molecule has 0 amide bonds. The summed E-state index contributed by atoms with van der Waals surface area (Å²) in [6, 6.07) is 5.61. The Morgan fingerprint density at radius 2 is 2.09 bits per heavy atom. The summed E-state index contributed by atoms with van der Waals surface area (Å²) in [5, 5.41) is 6.53. The van der Waals surface area contributed by atoms with Crippen LogP contribution in [0.25, 0.3) is 0 Å². The standard InChI is InChI=1S/C16H23N3O3.HI/c1-2-17-16(19-10-12-3-4-12)18-7-8-20-13-5-6-14-15(9-13)22-11-21-14;/h5-6,9,12H,2-4,7-8,10-11H2,1H3,(H2,17,18,19);1H. The summed E-state index contributed by atoms with van der Waals surface area (Å²) >= 11 is 0. The fourth-order valence-corrected chi connectivity index (χ4v) is 2.17. The Morgan fingerprint density at radius 3 is 2.87 bits per heavy atom. The number of hydrogen-bond donors (Lipinski definition) is 2. The highest BCUT2D eigenvalue weighted by Gasteiger charge is 2.20. The number of fused-ring (bicyclic) bond motifs is 1. The molecule has 23 heavy (non-hydrogen) atoms. The molecule has 3 rings (SSSR count). The molecule has 0 bridgehead atoms. The van der Waals surface area contributed by atoms with Crippen molar-refractivity contribution in [3.05, 3.63) is 18.2 Å². The summed E-state index contributed by atoms with van der Waals surface area (Å²) in [5.41, 5.74) is 0. The highest BCUT2D eigenvalue weighted by molar-refractivity contribution is 14.0. The van der Waals surface area contributed by atoms with Gasteiger partial charge in [-0.25, -0.2) is 0 Å². The Labute approximate surface area is 154 Å². The van der Waals surface area contributed by atoms with Gasteiger partial charge in [0, 0.05) is 19.2 Å². The maximum Gasteiger partial charge on any atom is 0.231 e. The van der Waals surface area contributed by atoms with Gasteiger partial charge in [-0.15, -0.1) is 24.0 Å². The van der Waals surface area contributed by atoms with Crippen LogP contribution < -0.4 is 24.8 Å². The lowest BCUT2D eigenvalue weighted by atomic mass is 10.3. The zero-order chi connectivity index (χ0) is 15.2. The highest BCUT2D eigenvalue weighted by Crippen LogP contribution is 2.35. The van der Waals surface area contributed by atoms with Gasteiger partial charge in [0.25, 0.3) is 0 Å². The molecule has 1 saturated carbocycles. The van der Waals surface area contributed by atoms with E-state index >= 15 is 0 Å². The van der Waals surface area contributed by atoms with Crippen molar-refractivity contribution in [2.75, 3.05) is 33.0 Å². The van der Waals surface area contributed by atoms with E-state index < -0.39 is 0 Å². The van der Waals surface area contributed by atoms with E-state index in [1.807, 2.05) is 18.2 Å². The lowest BCUT2D eigenvalue weighted by Gasteiger charge is -2.12. The molecule has 2 N–H and O–H groups in total. The van der Waals surface area contributed by atoms with Crippen LogP contribution in [-0.2, 0) is 0 Å². The second-order valence-corrected chi connectivity index (χ2v) is 5.45. The van der Waals surface area contributed by atoms with Crippen LogP contribution in [0.2, 0.25) is 0 Å². The molecular formula is C16H24IN3O3. The smallest absolute Gasteiger partial charge is 0.231 e. The number of guanidine groups is 1. The van der Waals surface area contributed by atoms with Crippen molar-refractivity contribution in [1.29, 1.82) is 0 Å². The lowest BCUT2D eigenvalue weighted by Crippen LogP contribution is -2.39. The van der Waals surface area contributed by atoms with E-state index in [-0.39, 0.29) is 30.8 Å². The molecule has 2 aliphatic rings. The minimum atomic E-state index is 0. The molecule has 0 spiro atoms. The Hall–Kier alpha value is -1.38. The van der Waals surface area contributed by atoms with Gasteiger partial charge in [-0.2, -0.15) is 0 Å². The minimum absolute atomic E-state index is 0. The molecule has 1 fully saturated rings. The summed E-state index contributed by atoms with van der Waals surface area (Å²) in [4.78, 5) is 4.57. The number of nitrogens with zero attached hydrogens (tertiary/aromatic N) is 1. The third kappa shape index (κ3) is 5.63. The van der Waals surface area contributed by atoms with Gasteiger partial charge in [0.2, 0.25) is 6.79 Å². The molecule has 0 aromatic heterocycles. The van der Waals surface area contributed by atoms with Crippen LogP contribution in [0.4, 0.5) is 0 Å². The molecule has 0 saturated heterocycles. The Bertz CT molecular complexity index is 535. The number of halogens is 1. The Kier molecular flexibility index (Phi) is 7.07. The van der Waals surface area contributed by atoms with E-state index in [0.717, 1.165) is 42.2 Å². The van der Waals surface area contributed by atoms with Gasteiger partial charge in [0.1, 0.15) is 12.4 Å². The van der Waals surface area contributed by atoms with Gasteiger partial charge in [0.05, 0.1) is 6.54 Å². The molecule has 0 radical (unpaired) electrons. The Balaban J connectivity index is 0.00000192. The maximum atomic E-state index is 5.72. The molecule has 1 aromatic carbocycles. The third-order valence-electron chi connectivity index (χ3n) is 3.56. The quantitative estimate of drug-likeness (QED) is 0.299. The molecular weight excluding hydrogens is 409 g/mol. The SMILES string of the molecule is CCNC(=NCC1CC1)NCCOc1ccc2c(c1)OCO2.I. The van der Waals surface area contributed by atoms with Crippen LogP contribution in [0.1, 0.15) is 19.8 Å². The summed E-state index contributed by atoms with van der Waals surface area (Å²) < 4.78 is 16.3. The van der Waals surface area contributed by atoms with Crippen LogP contribution in [-0.4, -0.2) is 39.0 Å². The fraction of sp³-hybridized carbons (Fsp3) is 0.562. The number of aliphatic imine (C=N–C) groups is 1. The molecule has 1 heterocycles. The molecule has 7 heteroatoms. The zero-order valence-corrected chi connectivity index (χ0v) is 15.7. The first-order valence-electron chi connectivity index (χ1n) is 7.90. The van der Waals surface area contributed by atoms with Crippen molar-refractivity contribution in [3.63, 3.8) is 0 Å². The summed E-state index contributed by atoms with van der Waals surface area (Å²) in [6.45, 7) is 5.39. The molecule has 128 valence electrons. The van der Waals surface area contributed by atoms with Crippen LogP contribution in [0.3, 0.4) is 0 Å². The molecule has 1 aliphatic heterocycles. The largest absolute Gasteiger partial charge is 0.492 e. The second kappa shape index (κ2) is 9.05. The van der Waals surface area contributed by atoms with Crippen LogP contribution in [0.5, 0.6) is 17.2 Å². The first kappa shape index (κ1) is 18.0. The van der Waals surface area contributed by atoms with E-state index in [1.54, 1.807) is 0 Å². The molecule has 6 nitrogen and oxygen atoms in total. The third-order valence-corrected chi connectivity index (χ3v) is 3.56. The maximum absolute atomic E-state index is 5.72. The normalized spacial score (nSPS) is 15.8. The minimum Gasteiger partial charge on any atom is -0.492 e. The van der Waals surface area contributed by atoms with Crippen LogP contribution in [0, 0.1) is 5.92 Å². The van der Waals surface area contributed by atoms with Gasteiger partial charge in [-0.1, -0.05) is 0 Å². The van der Waals surface area contributed by atoms with Crippen molar-refractivity contribution >= 4 is 29.9 Å². The van der Waals surface area contributed by atoms with Gasteiger partial charge in [0.15, 0.2) is 17.5 Å². The monoisotopic (exact) mass is 433 g/mol. The summed E-state index contributed by atoms with van der Waals surface area (Å²) in [7, 11) is 0. The first-order valence-corrected chi connectivity index (χ1v) is 7.90. The van der Waals surface area contributed by atoms with Gasteiger partial charge >= 0.3 is 0 Å². The summed E-state index contributed by atoms with van der Waals surface area (Å²) in [5.74, 6) is 3.95. The average molecular weight is 433 g/mol. The van der Waals surface area contributed by atoms with E-state index in [2.05, 4.69) is 22.5 Å². The number of rotatable bonds is 7. The zero-order valence-electron chi connectivity index (χ0n) is 13.3. The average Bonchev–Trinajstić information content (AvgIpc) is 3.24. The predicted octanol–water partition coefficient (Wildman–Crippen LogP) is 2.38.